The molecule has 6 nitrogen and oxygen atoms in total. The van der Waals surface area contributed by atoms with E-state index in [1.54, 1.807) is 19.1 Å². The number of amides is 1. The first-order chi connectivity index (χ1) is 14.4. The maximum absolute atomic E-state index is 13.2. The van der Waals surface area contributed by atoms with E-state index in [0.29, 0.717) is 31.7 Å². The number of benzene rings is 2. The molecule has 0 aliphatic carbocycles. The van der Waals surface area contributed by atoms with E-state index < -0.39 is 15.4 Å². The van der Waals surface area contributed by atoms with Crippen LogP contribution < -0.4 is 10.1 Å². The average Bonchev–Trinajstić information content (AvgIpc) is 2.77. The molecule has 0 spiro atoms. The van der Waals surface area contributed by atoms with Crippen molar-refractivity contribution >= 4 is 15.9 Å². The zero-order valence-electron chi connectivity index (χ0n) is 17.0. The molecule has 0 atom stereocenters. The van der Waals surface area contributed by atoms with Crippen molar-refractivity contribution in [2.45, 2.75) is 25.2 Å². The smallest absolute Gasteiger partial charge is 0.230 e. The molecule has 1 aliphatic rings. The molecular formula is C22H27FN2O4S. The van der Waals surface area contributed by atoms with E-state index in [2.05, 4.69) is 5.32 Å². The molecule has 1 aliphatic heterocycles. The van der Waals surface area contributed by atoms with Gasteiger partial charge in [-0.2, -0.15) is 0 Å². The van der Waals surface area contributed by atoms with Crippen LogP contribution in [0.4, 0.5) is 4.39 Å². The summed E-state index contributed by atoms with van der Waals surface area (Å²) in [7, 11) is -3.28. The van der Waals surface area contributed by atoms with Crippen molar-refractivity contribution < 1.29 is 22.3 Å². The highest BCUT2D eigenvalue weighted by Crippen LogP contribution is 2.36. The van der Waals surface area contributed by atoms with Crippen molar-refractivity contribution in [2.75, 3.05) is 32.0 Å². The number of sulfonamides is 1. The summed E-state index contributed by atoms with van der Waals surface area (Å²) in [6.07, 6.45) is 0.819. The normalized spacial score (nSPS) is 16.7. The fraction of sp³-hybridized carbons (Fsp3) is 0.409. The average molecular weight is 435 g/mol. The molecule has 30 heavy (non-hydrogen) atoms. The molecule has 1 fully saturated rings. The Hall–Kier alpha value is -2.45. The van der Waals surface area contributed by atoms with Gasteiger partial charge in [-0.05, 0) is 37.5 Å². The molecule has 2 aromatic carbocycles. The Balaban J connectivity index is 1.66. The van der Waals surface area contributed by atoms with Gasteiger partial charge in [0.2, 0.25) is 15.9 Å². The molecule has 162 valence electrons. The van der Waals surface area contributed by atoms with E-state index in [0.717, 1.165) is 5.56 Å². The van der Waals surface area contributed by atoms with Gasteiger partial charge in [-0.3, -0.25) is 4.79 Å². The fourth-order valence-corrected chi connectivity index (χ4v) is 4.90. The van der Waals surface area contributed by atoms with E-state index in [1.807, 2.05) is 30.3 Å². The lowest BCUT2D eigenvalue weighted by Crippen LogP contribution is -2.53. The fourth-order valence-electron chi connectivity index (χ4n) is 3.79. The van der Waals surface area contributed by atoms with Crippen molar-refractivity contribution in [1.82, 2.24) is 9.62 Å². The number of hydrogen-bond acceptors (Lipinski definition) is 4. The molecule has 1 amide bonds. The summed E-state index contributed by atoms with van der Waals surface area (Å²) in [5, 5.41) is 2.92. The first-order valence-electron chi connectivity index (χ1n) is 10.1. The molecule has 1 N–H and O–H groups in total. The van der Waals surface area contributed by atoms with Crippen LogP contribution >= 0.6 is 0 Å². The molecule has 0 aromatic heterocycles. The molecule has 2 aromatic rings. The first kappa shape index (κ1) is 22.2. The number of nitrogens with one attached hydrogen (secondary N) is 1. The summed E-state index contributed by atoms with van der Waals surface area (Å²) in [6.45, 7) is 2.70. The van der Waals surface area contributed by atoms with E-state index in [4.69, 9.17) is 4.74 Å². The topological polar surface area (TPSA) is 75.7 Å². The Kier molecular flexibility index (Phi) is 7.10. The quantitative estimate of drug-likeness (QED) is 0.649. The minimum atomic E-state index is -3.28. The maximum atomic E-state index is 13.2. The zero-order valence-corrected chi connectivity index (χ0v) is 17.8. The Bertz CT molecular complexity index is 958. The summed E-state index contributed by atoms with van der Waals surface area (Å²) in [4.78, 5) is 13.2. The van der Waals surface area contributed by atoms with Gasteiger partial charge in [0, 0.05) is 19.2 Å². The van der Waals surface area contributed by atoms with Crippen molar-refractivity contribution in [3.63, 3.8) is 0 Å². The van der Waals surface area contributed by atoms with Crippen LogP contribution in [-0.4, -0.2) is 50.6 Å². The van der Waals surface area contributed by atoms with Gasteiger partial charge in [-0.25, -0.2) is 17.1 Å². The van der Waals surface area contributed by atoms with Gasteiger partial charge < -0.3 is 10.1 Å². The first-order valence-corrected chi connectivity index (χ1v) is 11.7. The minimum absolute atomic E-state index is 0.0505. The second-order valence-corrected chi connectivity index (χ2v) is 9.57. The highest BCUT2D eigenvalue weighted by molar-refractivity contribution is 7.89. The Morgan fingerprint density at radius 2 is 1.83 bits per heavy atom. The Labute approximate surface area is 177 Å². The van der Waals surface area contributed by atoms with Gasteiger partial charge in [-0.15, -0.1) is 0 Å². The number of hydrogen-bond donors (Lipinski definition) is 1. The van der Waals surface area contributed by atoms with Gasteiger partial charge >= 0.3 is 0 Å². The largest absolute Gasteiger partial charge is 0.492 e. The van der Waals surface area contributed by atoms with Gasteiger partial charge in [0.25, 0.3) is 0 Å². The molecule has 1 saturated heterocycles. The van der Waals surface area contributed by atoms with Crippen LogP contribution in [0.25, 0.3) is 0 Å². The third kappa shape index (κ3) is 4.99. The predicted molar refractivity (Wildman–Crippen MR) is 113 cm³/mol. The SMILES string of the molecule is CCS(=O)(=O)N1CCC(C(=O)NCCOc2cccc(F)c2)(c2ccccc2)CC1. The summed E-state index contributed by atoms with van der Waals surface area (Å²) in [5.41, 5.74) is 0.0852. The number of halogens is 1. The summed E-state index contributed by atoms with van der Waals surface area (Å²) in [5.74, 6) is -0.0758. The van der Waals surface area contributed by atoms with Crippen LogP contribution in [-0.2, 0) is 20.2 Å². The molecular weight excluding hydrogens is 407 g/mol. The number of carbonyl (C=O) groups excluding carboxylic acids is 1. The molecule has 1 heterocycles. The van der Waals surface area contributed by atoms with Crippen LogP contribution in [0.1, 0.15) is 25.3 Å². The van der Waals surface area contributed by atoms with E-state index in [1.165, 1.54) is 16.4 Å². The molecule has 0 saturated carbocycles. The number of carbonyl (C=O) groups is 1. The third-order valence-corrected chi connectivity index (χ3v) is 7.43. The number of ether oxygens (including phenoxy) is 1. The van der Waals surface area contributed by atoms with Crippen LogP contribution in [0.15, 0.2) is 54.6 Å². The second-order valence-electron chi connectivity index (χ2n) is 7.31. The van der Waals surface area contributed by atoms with Gasteiger partial charge in [0.1, 0.15) is 18.2 Å². The maximum Gasteiger partial charge on any atom is 0.230 e. The van der Waals surface area contributed by atoms with Crippen LogP contribution in [0.2, 0.25) is 0 Å². The van der Waals surface area contributed by atoms with Crippen LogP contribution in [0.5, 0.6) is 5.75 Å². The van der Waals surface area contributed by atoms with E-state index in [9.17, 15) is 17.6 Å². The van der Waals surface area contributed by atoms with E-state index >= 15 is 0 Å². The summed E-state index contributed by atoms with van der Waals surface area (Å²) in [6, 6.07) is 15.3. The third-order valence-electron chi connectivity index (χ3n) is 5.55. The van der Waals surface area contributed by atoms with Gasteiger partial charge in [0.05, 0.1) is 17.7 Å². The minimum Gasteiger partial charge on any atom is -0.492 e. The highest BCUT2D eigenvalue weighted by Gasteiger charge is 2.44. The number of piperidine rings is 1. The van der Waals surface area contributed by atoms with Gasteiger partial charge in [0.15, 0.2) is 0 Å². The van der Waals surface area contributed by atoms with Crippen molar-refractivity contribution in [2.24, 2.45) is 0 Å². The predicted octanol–water partition coefficient (Wildman–Crippen LogP) is 2.70. The monoisotopic (exact) mass is 434 g/mol. The Morgan fingerprint density at radius 1 is 1.13 bits per heavy atom. The lowest BCUT2D eigenvalue weighted by molar-refractivity contribution is -0.128. The van der Waals surface area contributed by atoms with Crippen molar-refractivity contribution in [3.05, 3.63) is 66.0 Å². The number of nitrogens with zero attached hydrogens (tertiary/aromatic N) is 1. The van der Waals surface area contributed by atoms with Gasteiger partial charge in [-0.1, -0.05) is 36.4 Å². The lowest BCUT2D eigenvalue weighted by Gasteiger charge is -2.40. The molecule has 0 bridgehead atoms. The second kappa shape index (κ2) is 9.57. The molecule has 0 unspecified atom stereocenters. The van der Waals surface area contributed by atoms with Crippen LogP contribution in [0, 0.1) is 5.82 Å². The summed E-state index contributed by atoms with van der Waals surface area (Å²) < 4.78 is 44.6. The standard InChI is InChI=1S/C22H27FN2O4S/c1-2-30(27,28)25-14-11-22(12-15-25,18-7-4-3-5-8-18)21(26)24-13-16-29-20-10-6-9-19(23)17-20/h3-10,17H,2,11-16H2,1H3,(H,24,26). The van der Waals surface area contributed by atoms with Crippen molar-refractivity contribution in [3.8, 4) is 5.75 Å². The van der Waals surface area contributed by atoms with Crippen molar-refractivity contribution in [1.29, 1.82) is 0 Å². The molecule has 3 rings (SSSR count). The number of rotatable bonds is 8. The Morgan fingerprint density at radius 3 is 2.47 bits per heavy atom. The molecule has 0 radical (unpaired) electrons. The lowest BCUT2D eigenvalue weighted by atomic mass is 9.72. The molecule has 8 heteroatoms. The van der Waals surface area contributed by atoms with Crippen LogP contribution in [0.3, 0.4) is 0 Å². The zero-order chi connectivity index (χ0) is 21.6. The summed E-state index contributed by atoms with van der Waals surface area (Å²) >= 11 is 0. The van der Waals surface area contributed by atoms with E-state index in [-0.39, 0.29) is 30.6 Å². The highest BCUT2D eigenvalue weighted by atomic mass is 32.2.